The molecular weight excluding hydrogens is 316 g/mol. The number of carbonyl (C=O) groups is 1. The van der Waals surface area contributed by atoms with Crippen LogP contribution in [-0.2, 0) is 10.0 Å². The van der Waals surface area contributed by atoms with Crippen LogP contribution in [0, 0.1) is 6.92 Å². The average molecular weight is 327 g/mol. The van der Waals surface area contributed by atoms with Crippen LogP contribution < -0.4 is 4.72 Å². The number of benzene rings is 1. The van der Waals surface area contributed by atoms with Gasteiger partial charge in [-0.3, -0.25) is 9.71 Å². The van der Waals surface area contributed by atoms with Crippen LogP contribution in [0.15, 0.2) is 41.4 Å². The molecule has 2 aromatic rings. The molecule has 0 amide bonds. The van der Waals surface area contributed by atoms with E-state index in [1.54, 1.807) is 25.3 Å². The van der Waals surface area contributed by atoms with Crippen LogP contribution in [0.2, 0.25) is 5.02 Å². The Labute approximate surface area is 126 Å². The van der Waals surface area contributed by atoms with Gasteiger partial charge in [-0.05, 0) is 37.3 Å². The van der Waals surface area contributed by atoms with E-state index in [0.717, 1.165) is 12.1 Å². The monoisotopic (exact) mass is 326 g/mol. The number of aromatic nitrogens is 1. The van der Waals surface area contributed by atoms with Crippen molar-refractivity contribution in [2.45, 2.75) is 11.8 Å². The smallest absolute Gasteiger partial charge is 0.337 e. The van der Waals surface area contributed by atoms with Gasteiger partial charge in [-0.15, -0.1) is 0 Å². The largest absolute Gasteiger partial charge is 0.478 e. The predicted octanol–water partition coefficient (Wildman–Crippen LogP) is 2.54. The molecule has 1 aromatic heterocycles. The van der Waals surface area contributed by atoms with Crippen LogP contribution in [0.4, 0.5) is 5.69 Å². The van der Waals surface area contributed by atoms with E-state index in [2.05, 4.69) is 9.71 Å². The minimum Gasteiger partial charge on any atom is -0.478 e. The third-order valence-corrected chi connectivity index (χ3v) is 4.41. The van der Waals surface area contributed by atoms with Gasteiger partial charge >= 0.3 is 5.97 Å². The zero-order chi connectivity index (χ0) is 15.6. The lowest BCUT2D eigenvalue weighted by molar-refractivity contribution is 0.0697. The quantitative estimate of drug-likeness (QED) is 0.900. The van der Waals surface area contributed by atoms with Gasteiger partial charge < -0.3 is 5.11 Å². The minimum absolute atomic E-state index is 0.124. The number of hydrogen-bond acceptors (Lipinski definition) is 4. The van der Waals surface area contributed by atoms with Crippen LogP contribution >= 0.6 is 11.6 Å². The topological polar surface area (TPSA) is 96.4 Å². The third kappa shape index (κ3) is 3.32. The summed E-state index contributed by atoms with van der Waals surface area (Å²) >= 11 is 5.78. The van der Waals surface area contributed by atoms with Crippen molar-refractivity contribution < 1.29 is 18.3 Å². The Kier molecular flexibility index (Phi) is 4.15. The molecule has 0 saturated carbocycles. The molecule has 2 N–H and O–H groups in total. The van der Waals surface area contributed by atoms with Gasteiger partial charge in [0.15, 0.2) is 0 Å². The molecule has 110 valence electrons. The van der Waals surface area contributed by atoms with Crippen LogP contribution in [0.5, 0.6) is 0 Å². The molecule has 0 unspecified atom stereocenters. The van der Waals surface area contributed by atoms with Crippen molar-refractivity contribution in [1.82, 2.24) is 4.98 Å². The van der Waals surface area contributed by atoms with E-state index in [9.17, 15) is 13.2 Å². The lowest BCUT2D eigenvalue weighted by atomic mass is 10.2. The molecule has 0 aliphatic heterocycles. The van der Waals surface area contributed by atoms with Gasteiger partial charge in [0.05, 0.1) is 26.9 Å². The van der Waals surface area contributed by atoms with Gasteiger partial charge in [-0.25, -0.2) is 13.2 Å². The molecule has 0 atom stereocenters. The normalized spacial score (nSPS) is 11.1. The summed E-state index contributed by atoms with van der Waals surface area (Å²) in [6.07, 6.45) is 1.55. The highest BCUT2D eigenvalue weighted by molar-refractivity contribution is 7.92. The van der Waals surface area contributed by atoms with E-state index in [0.29, 0.717) is 11.4 Å². The number of carboxylic acids is 1. The van der Waals surface area contributed by atoms with Crippen molar-refractivity contribution in [3.8, 4) is 0 Å². The fraction of sp³-hybridized carbons (Fsp3) is 0.0769. The lowest BCUT2D eigenvalue weighted by Gasteiger charge is -2.10. The Bertz CT molecular complexity index is 806. The predicted molar refractivity (Wildman–Crippen MR) is 78.2 cm³/mol. The number of sulfonamides is 1. The van der Waals surface area contributed by atoms with Crippen molar-refractivity contribution in [3.05, 3.63) is 52.8 Å². The van der Waals surface area contributed by atoms with E-state index < -0.39 is 16.0 Å². The summed E-state index contributed by atoms with van der Waals surface area (Å²) in [7, 11) is -3.87. The van der Waals surface area contributed by atoms with Crippen LogP contribution in [0.25, 0.3) is 0 Å². The molecule has 0 spiro atoms. The number of rotatable bonds is 4. The molecule has 21 heavy (non-hydrogen) atoms. The van der Waals surface area contributed by atoms with Crippen LogP contribution in [0.3, 0.4) is 0 Å². The number of pyridine rings is 1. The molecule has 0 bridgehead atoms. The maximum absolute atomic E-state index is 12.2. The minimum atomic E-state index is -3.87. The summed E-state index contributed by atoms with van der Waals surface area (Å²) in [5.41, 5.74) is 0.707. The first kappa shape index (κ1) is 15.3. The number of nitrogens with one attached hydrogen (secondary N) is 1. The first-order valence-corrected chi connectivity index (χ1v) is 7.64. The van der Waals surface area contributed by atoms with E-state index in [1.165, 1.54) is 6.07 Å². The standard InChI is InChI=1S/C13H11ClN2O4S/c1-8-12(3-2-6-15-8)16-21(19,20)9-4-5-10(13(17)18)11(14)7-9/h2-7,16H,1H3,(H,17,18). The summed E-state index contributed by atoms with van der Waals surface area (Å²) in [4.78, 5) is 14.7. The molecule has 1 aromatic carbocycles. The SMILES string of the molecule is Cc1ncccc1NS(=O)(=O)c1ccc(C(=O)O)c(Cl)c1. The number of nitrogens with zero attached hydrogens (tertiary/aromatic N) is 1. The Morgan fingerprint density at radius 2 is 2.05 bits per heavy atom. The van der Waals surface area contributed by atoms with E-state index in [4.69, 9.17) is 16.7 Å². The third-order valence-electron chi connectivity index (χ3n) is 2.73. The Hall–Kier alpha value is -2.12. The van der Waals surface area contributed by atoms with Gasteiger partial charge in [-0.2, -0.15) is 0 Å². The molecule has 2 rings (SSSR count). The van der Waals surface area contributed by atoms with Gasteiger partial charge in [0.25, 0.3) is 10.0 Å². The van der Waals surface area contributed by atoms with Crippen molar-refractivity contribution >= 4 is 33.3 Å². The van der Waals surface area contributed by atoms with E-state index >= 15 is 0 Å². The fourth-order valence-corrected chi connectivity index (χ4v) is 3.10. The number of hydrogen-bond donors (Lipinski definition) is 2. The van der Waals surface area contributed by atoms with E-state index in [1.807, 2.05) is 0 Å². The number of halogens is 1. The molecule has 0 aliphatic carbocycles. The number of aromatic carboxylic acids is 1. The second kappa shape index (κ2) is 5.71. The summed E-state index contributed by atoms with van der Waals surface area (Å²) < 4.78 is 26.9. The lowest BCUT2D eigenvalue weighted by Crippen LogP contribution is -2.14. The Morgan fingerprint density at radius 3 is 2.62 bits per heavy atom. The number of aryl methyl sites for hydroxylation is 1. The number of carboxylic acid groups (broad SMARTS) is 1. The maximum Gasteiger partial charge on any atom is 0.337 e. The van der Waals surface area contributed by atoms with Crippen molar-refractivity contribution in [2.75, 3.05) is 4.72 Å². The first-order valence-electron chi connectivity index (χ1n) is 5.78. The van der Waals surface area contributed by atoms with Crippen LogP contribution in [0.1, 0.15) is 16.1 Å². The molecule has 0 aliphatic rings. The molecule has 0 fully saturated rings. The molecule has 6 nitrogen and oxygen atoms in total. The molecule has 1 heterocycles. The zero-order valence-corrected chi connectivity index (χ0v) is 12.4. The highest BCUT2D eigenvalue weighted by Gasteiger charge is 2.18. The highest BCUT2D eigenvalue weighted by Crippen LogP contribution is 2.23. The van der Waals surface area contributed by atoms with Gasteiger partial charge in [0, 0.05) is 6.20 Å². The zero-order valence-electron chi connectivity index (χ0n) is 10.9. The second-order valence-electron chi connectivity index (χ2n) is 4.19. The van der Waals surface area contributed by atoms with Crippen molar-refractivity contribution in [3.63, 3.8) is 0 Å². The highest BCUT2D eigenvalue weighted by atomic mass is 35.5. The average Bonchev–Trinajstić information content (AvgIpc) is 2.40. The van der Waals surface area contributed by atoms with Gasteiger partial charge in [0.1, 0.15) is 0 Å². The Morgan fingerprint density at radius 1 is 1.33 bits per heavy atom. The molecular formula is C13H11ClN2O4S. The van der Waals surface area contributed by atoms with Crippen LogP contribution in [-0.4, -0.2) is 24.5 Å². The summed E-state index contributed by atoms with van der Waals surface area (Å²) in [5, 5.41) is 8.73. The number of anilines is 1. The molecule has 0 saturated heterocycles. The van der Waals surface area contributed by atoms with Gasteiger partial charge in [0.2, 0.25) is 0 Å². The summed E-state index contributed by atoms with van der Waals surface area (Å²) in [6.45, 7) is 1.67. The summed E-state index contributed by atoms with van der Waals surface area (Å²) in [5.74, 6) is -1.22. The summed E-state index contributed by atoms with van der Waals surface area (Å²) in [6, 6.07) is 6.61. The Balaban J connectivity index is 2.39. The molecule has 0 radical (unpaired) electrons. The maximum atomic E-state index is 12.2. The first-order chi connectivity index (χ1) is 9.81. The van der Waals surface area contributed by atoms with Gasteiger partial charge in [-0.1, -0.05) is 11.6 Å². The fourth-order valence-electron chi connectivity index (χ4n) is 1.63. The second-order valence-corrected chi connectivity index (χ2v) is 6.28. The molecule has 8 heteroatoms. The van der Waals surface area contributed by atoms with Crippen molar-refractivity contribution in [2.24, 2.45) is 0 Å². The van der Waals surface area contributed by atoms with E-state index in [-0.39, 0.29) is 15.5 Å². The van der Waals surface area contributed by atoms with Crippen molar-refractivity contribution in [1.29, 1.82) is 0 Å².